The number of ether oxygens (including phenoxy) is 1. The molecule has 2 aromatic carbocycles. The highest BCUT2D eigenvalue weighted by atomic mass is 16.5. The van der Waals surface area contributed by atoms with E-state index in [0.717, 1.165) is 5.56 Å². The number of carbonyl (C=O) groups excluding carboxylic acids is 1. The summed E-state index contributed by atoms with van der Waals surface area (Å²) in [5.74, 6) is 0.367. The number of phenolic OH excluding ortho intramolecular Hbond substituents is 1. The summed E-state index contributed by atoms with van der Waals surface area (Å²) in [6, 6.07) is 11.2. The van der Waals surface area contributed by atoms with Crippen molar-refractivity contribution in [2.75, 3.05) is 7.11 Å². The Morgan fingerprint density at radius 3 is 2.67 bits per heavy atom. The van der Waals surface area contributed by atoms with E-state index in [1.165, 1.54) is 12.3 Å². The van der Waals surface area contributed by atoms with Gasteiger partial charge in [0.15, 0.2) is 0 Å². The number of methoxy groups -OCH3 is 1. The van der Waals surface area contributed by atoms with Gasteiger partial charge in [0.25, 0.3) is 0 Å². The quantitative estimate of drug-likeness (QED) is 0.644. The monoisotopic (exact) mass is 365 g/mol. The number of carbonyl (C=O) groups is 1. The molecule has 138 valence electrons. The SMILES string of the molecule is CCC(=O)NC(c1ccc(OC)cc1)c1cc(N=O)c2cccnc2c1O. The fourth-order valence-corrected chi connectivity index (χ4v) is 2.93. The summed E-state index contributed by atoms with van der Waals surface area (Å²) in [5, 5.41) is 17.2. The van der Waals surface area contributed by atoms with Crippen molar-refractivity contribution in [3.8, 4) is 11.5 Å². The Balaban J connectivity index is 2.20. The predicted molar refractivity (Wildman–Crippen MR) is 102 cm³/mol. The Morgan fingerprint density at radius 1 is 1.30 bits per heavy atom. The Kier molecular flexibility index (Phi) is 5.30. The molecule has 0 bridgehead atoms. The third-order valence-corrected chi connectivity index (χ3v) is 4.36. The fraction of sp³-hybridized carbons (Fsp3) is 0.200. The van der Waals surface area contributed by atoms with Gasteiger partial charge in [-0.25, -0.2) is 0 Å². The van der Waals surface area contributed by atoms with Gasteiger partial charge in [0.1, 0.15) is 22.7 Å². The Hall–Kier alpha value is -3.48. The van der Waals surface area contributed by atoms with Gasteiger partial charge in [-0.15, -0.1) is 4.91 Å². The number of amides is 1. The minimum absolute atomic E-state index is 0.102. The Morgan fingerprint density at radius 2 is 2.04 bits per heavy atom. The number of aromatic hydroxyl groups is 1. The van der Waals surface area contributed by atoms with E-state index in [2.05, 4.69) is 15.5 Å². The van der Waals surface area contributed by atoms with Crippen LogP contribution in [0.15, 0.2) is 53.8 Å². The average Bonchev–Trinajstić information content (AvgIpc) is 2.72. The zero-order chi connectivity index (χ0) is 19.4. The molecule has 1 amide bonds. The lowest BCUT2D eigenvalue weighted by Gasteiger charge is -2.22. The van der Waals surface area contributed by atoms with Crippen LogP contribution in [0.4, 0.5) is 5.69 Å². The molecule has 0 aliphatic heterocycles. The molecule has 1 unspecified atom stereocenters. The standard InChI is InChI=1S/C20H19N3O4/c1-3-17(24)22-18(12-6-8-13(27-2)9-7-12)15-11-16(23-26)14-5-4-10-21-19(14)20(15)25/h4-11,18,25H,3H2,1-2H3,(H,22,24). The number of aromatic nitrogens is 1. The van der Waals surface area contributed by atoms with Gasteiger partial charge in [0, 0.05) is 23.6 Å². The van der Waals surface area contributed by atoms with Crippen molar-refractivity contribution in [3.05, 3.63) is 64.7 Å². The van der Waals surface area contributed by atoms with Crippen LogP contribution in [0.5, 0.6) is 11.5 Å². The molecule has 7 nitrogen and oxygen atoms in total. The van der Waals surface area contributed by atoms with Crippen LogP contribution < -0.4 is 10.1 Å². The van der Waals surface area contributed by atoms with Gasteiger partial charge in [0.2, 0.25) is 5.91 Å². The van der Waals surface area contributed by atoms with Crippen molar-refractivity contribution in [1.82, 2.24) is 10.3 Å². The van der Waals surface area contributed by atoms with Crippen LogP contribution in [-0.2, 0) is 4.79 Å². The maximum atomic E-state index is 12.1. The second-order valence-corrected chi connectivity index (χ2v) is 5.95. The zero-order valence-corrected chi connectivity index (χ0v) is 15.0. The molecule has 2 N–H and O–H groups in total. The number of phenols is 1. The van der Waals surface area contributed by atoms with E-state index >= 15 is 0 Å². The first-order valence-electron chi connectivity index (χ1n) is 8.46. The van der Waals surface area contributed by atoms with Crippen molar-refractivity contribution in [2.45, 2.75) is 19.4 Å². The first kappa shape index (κ1) is 18.3. The smallest absolute Gasteiger partial charge is 0.220 e. The third-order valence-electron chi connectivity index (χ3n) is 4.36. The first-order chi connectivity index (χ1) is 13.1. The molecule has 1 heterocycles. The summed E-state index contributed by atoms with van der Waals surface area (Å²) in [6.45, 7) is 1.74. The van der Waals surface area contributed by atoms with Gasteiger partial charge in [-0.05, 0) is 41.1 Å². The van der Waals surface area contributed by atoms with Gasteiger partial charge in [-0.3, -0.25) is 9.78 Å². The number of nitrogens with one attached hydrogen (secondary N) is 1. The Labute approximate surface area is 156 Å². The summed E-state index contributed by atoms with van der Waals surface area (Å²) < 4.78 is 5.17. The fourth-order valence-electron chi connectivity index (χ4n) is 2.93. The Bertz CT molecular complexity index is 986. The largest absolute Gasteiger partial charge is 0.505 e. The lowest BCUT2D eigenvalue weighted by molar-refractivity contribution is -0.121. The van der Waals surface area contributed by atoms with Gasteiger partial charge in [-0.2, -0.15) is 0 Å². The minimum atomic E-state index is -0.671. The van der Waals surface area contributed by atoms with Crippen LogP contribution in [0.25, 0.3) is 10.9 Å². The molecule has 0 aliphatic carbocycles. The number of hydrogen-bond donors (Lipinski definition) is 2. The molecular formula is C20H19N3O4. The molecule has 3 rings (SSSR count). The van der Waals surface area contributed by atoms with E-state index in [-0.39, 0.29) is 29.3 Å². The average molecular weight is 365 g/mol. The molecule has 0 saturated carbocycles. The number of benzene rings is 2. The summed E-state index contributed by atoms with van der Waals surface area (Å²) in [6.07, 6.45) is 1.80. The molecule has 0 radical (unpaired) electrons. The summed E-state index contributed by atoms with van der Waals surface area (Å²) >= 11 is 0. The molecule has 0 saturated heterocycles. The first-order valence-corrected chi connectivity index (χ1v) is 8.46. The maximum absolute atomic E-state index is 12.1. The number of nitroso groups, excluding NO2 is 1. The van der Waals surface area contributed by atoms with Crippen molar-refractivity contribution in [1.29, 1.82) is 0 Å². The van der Waals surface area contributed by atoms with E-state index in [0.29, 0.717) is 16.7 Å². The van der Waals surface area contributed by atoms with E-state index < -0.39 is 6.04 Å². The molecular weight excluding hydrogens is 346 g/mol. The van der Waals surface area contributed by atoms with Crippen molar-refractivity contribution < 1.29 is 14.6 Å². The van der Waals surface area contributed by atoms with Crippen LogP contribution in [0.2, 0.25) is 0 Å². The van der Waals surface area contributed by atoms with E-state index in [1.54, 1.807) is 50.4 Å². The molecule has 1 atom stereocenters. The summed E-state index contributed by atoms with van der Waals surface area (Å²) in [4.78, 5) is 27.6. The third kappa shape index (κ3) is 3.57. The van der Waals surface area contributed by atoms with E-state index in [1.807, 2.05) is 0 Å². The van der Waals surface area contributed by atoms with E-state index in [9.17, 15) is 14.8 Å². The molecule has 7 heteroatoms. The van der Waals surface area contributed by atoms with Gasteiger partial charge >= 0.3 is 0 Å². The summed E-state index contributed by atoms with van der Waals surface area (Å²) in [7, 11) is 1.56. The number of nitrogens with zero attached hydrogens (tertiary/aromatic N) is 2. The lowest BCUT2D eigenvalue weighted by Crippen LogP contribution is -2.28. The molecule has 0 aliphatic rings. The zero-order valence-electron chi connectivity index (χ0n) is 15.0. The highest BCUT2D eigenvalue weighted by Crippen LogP contribution is 2.39. The summed E-state index contributed by atoms with van der Waals surface area (Å²) in [5.41, 5.74) is 1.48. The number of fused-ring (bicyclic) bond motifs is 1. The van der Waals surface area contributed by atoms with Gasteiger partial charge < -0.3 is 15.2 Å². The number of pyridine rings is 1. The van der Waals surface area contributed by atoms with Gasteiger partial charge in [-0.1, -0.05) is 19.1 Å². The number of hydrogen-bond acceptors (Lipinski definition) is 6. The van der Waals surface area contributed by atoms with Crippen LogP contribution >= 0.6 is 0 Å². The van der Waals surface area contributed by atoms with Crippen molar-refractivity contribution in [2.24, 2.45) is 5.18 Å². The number of rotatable bonds is 6. The van der Waals surface area contributed by atoms with Crippen molar-refractivity contribution >= 4 is 22.5 Å². The predicted octanol–water partition coefficient (Wildman–Crippen LogP) is 3.96. The van der Waals surface area contributed by atoms with Gasteiger partial charge in [0.05, 0.1) is 13.2 Å². The second kappa shape index (κ2) is 7.82. The highest BCUT2D eigenvalue weighted by molar-refractivity contribution is 5.95. The molecule has 27 heavy (non-hydrogen) atoms. The van der Waals surface area contributed by atoms with Crippen LogP contribution in [0.1, 0.15) is 30.5 Å². The molecule has 3 aromatic rings. The topological polar surface area (TPSA) is 101 Å². The van der Waals surface area contributed by atoms with Crippen LogP contribution in [0.3, 0.4) is 0 Å². The normalized spacial score (nSPS) is 11.8. The molecule has 0 spiro atoms. The van der Waals surface area contributed by atoms with Crippen molar-refractivity contribution in [3.63, 3.8) is 0 Å². The van der Waals surface area contributed by atoms with E-state index in [4.69, 9.17) is 4.74 Å². The lowest BCUT2D eigenvalue weighted by atomic mass is 9.95. The maximum Gasteiger partial charge on any atom is 0.220 e. The van der Waals surface area contributed by atoms with Crippen LogP contribution in [0, 0.1) is 4.91 Å². The molecule has 0 fully saturated rings. The minimum Gasteiger partial charge on any atom is -0.505 e. The highest BCUT2D eigenvalue weighted by Gasteiger charge is 2.23. The second-order valence-electron chi connectivity index (χ2n) is 5.95. The molecule has 1 aromatic heterocycles. The van der Waals surface area contributed by atoms with Crippen LogP contribution in [-0.4, -0.2) is 23.1 Å².